The van der Waals surface area contributed by atoms with E-state index in [9.17, 15) is 4.39 Å². The molecule has 1 fully saturated rings. The number of halogens is 1. The first-order chi connectivity index (χ1) is 6.74. The molecule has 1 saturated heterocycles. The van der Waals surface area contributed by atoms with E-state index in [0.29, 0.717) is 0 Å². The molecule has 14 heavy (non-hydrogen) atoms. The Bertz CT molecular complexity index is 300. The number of hydrogen-bond acceptors (Lipinski definition) is 2. The van der Waals surface area contributed by atoms with Crippen LogP contribution in [0.4, 0.5) is 4.39 Å². The van der Waals surface area contributed by atoms with Crippen molar-refractivity contribution in [3.63, 3.8) is 0 Å². The van der Waals surface area contributed by atoms with Crippen LogP contribution in [0.3, 0.4) is 0 Å². The third-order valence-electron chi connectivity index (χ3n) is 2.77. The van der Waals surface area contributed by atoms with Crippen molar-refractivity contribution in [3.8, 4) is 0 Å². The van der Waals surface area contributed by atoms with Gasteiger partial charge < -0.3 is 10.1 Å². The second-order valence-electron chi connectivity index (χ2n) is 3.79. The molecule has 1 aliphatic rings. The van der Waals surface area contributed by atoms with E-state index in [4.69, 9.17) is 4.74 Å². The molecule has 76 valence electrons. The predicted molar refractivity (Wildman–Crippen MR) is 52.7 cm³/mol. The first-order valence-corrected chi connectivity index (χ1v) is 4.74. The fourth-order valence-electron chi connectivity index (χ4n) is 1.72. The Morgan fingerprint density at radius 2 is 2.00 bits per heavy atom. The van der Waals surface area contributed by atoms with Crippen LogP contribution in [-0.4, -0.2) is 25.8 Å². The third kappa shape index (κ3) is 1.79. The fraction of sp³-hybridized carbons (Fsp3) is 0.455. The Hall–Kier alpha value is -0.930. The summed E-state index contributed by atoms with van der Waals surface area (Å²) in [5.41, 5.74) is 1.05. The largest absolute Gasteiger partial charge is 0.375 e. The van der Waals surface area contributed by atoms with Crippen molar-refractivity contribution in [3.05, 3.63) is 35.6 Å². The molecule has 1 heterocycles. The zero-order valence-electron chi connectivity index (χ0n) is 8.22. The first kappa shape index (κ1) is 9.62. The molecule has 0 saturated carbocycles. The highest BCUT2D eigenvalue weighted by Gasteiger charge is 2.36. The quantitative estimate of drug-likeness (QED) is 0.786. The van der Waals surface area contributed by atoms with Gasteiger partial charge in [0.15, 0.2) is 0 Å². The SMILES string of the molecule is COC1(Cc2ccc(F)cc2)CNC1. The summed E-state index contributed by atoms with van der Waals surface area (Å²) in [6, 6.07) is 6.61. The highest BCUT2D eigenvalue weighted by molar-refractivity contribution is 5.20. The Morgan fingerprint density at radius 3 is 2.43 bits per heavy atom. The van der Waals surface area contributed by atoms with E-state index in [1.54, 1.807) is 7.11 Å². The molecule has 1 N–H and O–H groups in total. The summed E-state index contributed by atoms with van der Waals surface area (Å²) in [6.07, 6.45) is 0.844. The average molecular weight is 195 g/mol. The lowest BCUT2D eigenvalue weighted by atomic mass is 9.89. The summed E-state index contributed by atoms with van der Waals surface area (Å²) in [5, 5.41) is 3.19. The molecule has 1 aromatic carbocycles. The number of rotatable bonds is 3. The number of ether oxygens (including phenoxy) is 1. The smallest absolute Gasteiger partial charge is 0.123 e. The zero-order chi connectivity index (χ0) is 10.0. The Morgan fingerprint density at radius 1 is 1.36 bits per heavy atom. The van der Waals surface area contributed by atoms with Crippen molar-refractivity contribution in [2.45, 2.75) is 12.0 Å². The minimum atomic E-state index is -0.188. The molecular formula is C11H14FNO. The van der Waals surface area contributed by atoms with E-state index in [0.717, 1.165) is 25.1 Å². The highest BCUT2D eigenvalue weighted by Crippen LogP contribution is 2.21. The number of benzene rings is 1. The second-order valence-corrected chi connectivity index (χ2v) is 3.79. The molecule has 0 aromatic heterocycles. The van der Waals surface area contributed by atoms with Gasteiger partial charge in [0, 0.05) is 26.6 Å². The topological polar surface area (TPSA) is 21.3 Å². The van der Waals surface area contributed by atoms with Crippen LogP contribution < -0.4 is 5.32 Å². The van der Waals surface area contributed by atoms with Crippen LogP contribution in [-0.2, 0) is 11.2 Å². The monoisotopic (exact) mass is 195 g/mol. The Kier molecular flexibility index (Phi) is 2.52. The number of hydrogen-bond donors (Lipinski definition) is 1. The van der Waals surface area contributed by atoms with Crippen molar-refractivity contribution < 1.29 is 9.13 Å². The summed E-state index contributed by atoms with van der Waals surface area (Å²) < 4.78 is 18.1. The molecule has 0 atom stereocenters. The number of methoxy groups -OCH3 is 1. The van der Waals surface area contributed by atoms with Gasteiger partial charge in [-0.3, -0.25) is 0 Å². The van der Waals surface area contributed by atoms with Crippen LogP contribution >= 0.6 is 0 Å². The Balaban J connectivity index is 2.06. The second kappa shape index (κ2) is 3.67. The van der Waals surface area contributed by atoms with Crippen LogP contribution in [0, 0.1) is 5.82 Å². The maximum atomic E-state index is 12.7. The van der Waals surface area contributed by atoms with Gasteiger partial charge in [0.05, 0.1) is 5.60 Å². The van der Waals surface area contributed by atoms with Gasteiger partial charge in [-0.05, 0) is 17.7 Å². The standard InChI is InChI=1S/C11H14FNO/c1-14-11(7-13-8-11)6-9-2-4-10(12)5-3-9/h2-5,13H,6-8H2,1H3. The summed E-state index contributed by atoms with van der Waals surface area (Å²) in [6.45, 7) is 1.75. The van der Waals surface area contributed by atoms with Gasteiger partial charge in [-0.25, -0.2) is 4.39 Å². The van der Waals surface area contributed by atoms with Crippen LogP contribution in [0.25, 0.3) is 0 Å². The molecule has 0 amide bonds. The summed E-state index contributed by atoms with van der Waals surface area (Å²) in [4.78, 5) is 0. The lowest BCUT2D eigenvalue weighted by Gasteiger charge is -2.41. The Labute approximate surface area is 83.1 Å². The van der Waals surface area contributed by atoms with Crippen LogP contribution in [0.5, 0.6) is 0 Å². The predicted octanol–water partition coefficient (Wildman–Crippen LogP) is 1.36. The van der Waals surface area contributed by atoms with Crippen LogP contribution in [0.15, 0.2) is 24.3 Å². The normalized spacial score (nSPS) is 19.0. The van der Waals surface area contributed by atoms with E-state index in [2.05, 4.69) is 5.32 Å². The summed E-state index contributed by atoms with van der Waals surface area (Å²) >= 11 is 0. The molecule has 2 nitrogen and oxygen atoms in total. The minimum absolute atomic E-state index is 0.0716. The molecule has 1 aliphatic heterocycles. The van der Waals surface area contributed by atoms with Gasteiger partial charge in [-0.2, -0.15) is 0 Å². The van der Waals surface area contributed by atoms with Crippen molar-refractivity contribution in [2.24, 2.45) is 0 Å². The third-order valence-corrected chi connectivity index (χ3v) is 2.77. The summed E-state index contributed by atoms with van der Waals surface area (Å²) in [5.74, 6) is -0.188. The van der Waals surface area contributed by atoms with E-state index < -0.39 is 0 Å². The van der Waals surface area contributed by atoms with Crippen molar-refractivity contribution >= 4 is 0 Å². The fourth-order valence-corrected chi connectivity index (χ4v) is 1.72. The molecule has 2 rings (SSSR count). The van der Waals surface area contributed by atoms with Crippen molar-refractivity contribution in [2.75, 3.05) is 20.2 Å². The maximum Gasteiger partial charge on any atom is 0.123 e. The number of nitrogens with one attached hydrogen (secondary N) is 1. The highest BCUT2D eigenvalue weighted by atomic mass is 19.1. The van der Waals surface area contributed by atoms with Gasteiger partial charge in [-0.1, -0.05) is 12.1 Å². The molecule has 1 aromatic rings. The van der Waals surface area contributed by atoms with Crippen molar-refractivity contribution in [1.82, 2.24) is 5.32 Å². The zero-order valence-corrected chi connectivity index (χ0v) is 8.22. The molecule has 0 spiro atoms. The maximum absolute atomic E-state index is 12.7. The molecule has 0 unspecified atom stereocenters. The van der Waals surface area contributed by atoms with Crippen molar-refractivity contribution in [1.29, 1.82) is 0 Å². The molecule has 3 heteroatoms. The van der Waals surface area contributed by atoms with Gasteiger partial charge in [0.2, 0.25) is 0 Å². The van der Waals surface area contributed by atoms with E-state index in [1.807, 2.05) is 12.1 Å². The van der Waals surface area contributed by atoms with E-state index in [1.165, 1.54) is 12.1 Å². The molecule has 0 radical (unpaired) electrons. The van der Waals surface area contributed by atoms with Gasteiger partial charge in [0.25, 0.3) is 0 Å². The lowest BCUT2D eigenvalue weighted by molar-refractivity contribution is -0.0502. The van der Waals surface area contributed by atoms with Crippen LogP contribution in [0.2, 0.25) is 0 Å². The minimum Gasteiger partial charge on any atom is -0.375 e. The first-order valence-electron chi connectivity index (χ1n) is 4.74. The summed E-state index contributed by atoms with van der Waals surface area (Å²) in [7, 11) is 1.73. The van der Waals surface area contributed by atoms with Gasteiger partial charge in [-0.15, -0.1) is 0 Å². The van der Waals surface area contributed by atoms with Crippen LogP contribution in [0.1, 0.15) is 5.56 Å². The molecule has 0 bridgehead atoms. The van der Waals surface area contributed by atoms with E-state index >= 15 is 0 Å². The lowest BCUT2D eigenvalue weighted by Crippen LogP contribution is -2.61. The van der Waals surface area contributed by atoms with Gasteiger partial charge >= 0.3 is 0 Å². The van der Waals surface area contributed by atoms with Gasteiger partial charge in [0.1, 0.15) is 5.82 Å². The molecule has 0 aliphatic carbocycles. The average Bonchev–Trinajstić information content (AvgIpc) is 2.15. The van der Waals surface area contributed by atoms with E-state index in [-0.39, 0.29) is 11.4 Å². The molecular weight excluding hydrogens is 181 g/mol.